The summed E-state index contributed by atoms with van der Waals surface area (Å²) in [6.07, 6.45) is 12.7. The van der Waals surface area contributed by atoms with Gasteiger partial charge in [0.2, 0.25) is 5.82 Å². The van der Waals surface area contributed by atoms with Crippen LogP contribution in [0.3, 0.4) is 0 Å². The standard InChI is InChI=1S/C13H3F9.C11H3F7.C10H6F4.3C10H12.3C8H9F.C8H10/c1-2-5(14)7(16)3(8(17)6(2)15)4-9(18)11(20)13(22)12(21)10(4)19;1-2-5(12)3-4(7(14)6(2)13)9(16)11(18)10(17)8(3)15;1-3-4-6-9(13)7(11)5(2)8(12)10(6)14;1-3-9-5-7-10(4-2)8-6-9;1-3-9-6-5-7-10(4-2)8-9;1-3-9-7-5-6-8-10(9)4-2;1-2-7-3-5-8(9)6-4-7;1-2-7-4-3-5-8(9)6-7;1-2-7-5-3-4-6-8(7)9;1-2-8-6-4-3-5-7-8/h1H3;1H3;1-2H3;3*3,5-8H,1,4H2,2H3;3*3-6H,2H2,1H3;3-7H,2H2,1H3. The van der Waals surface area contributed by atoms with Gasteiger partial charge in [-0.3, -0.25) is 0 Å². The molecule has 0 atom stereocenters. The van der Waals surface area contributed by atoms with Crippen LogP contribution >= 0.6 is 0 Å². The lowest BCUT2D eigenvalue weighted by atomic mass is 9.99. The molecule has 0 saturated heterocycles. The first-order valence-corrected chi connectivity index (χ1v) is 36.7. The third-order valence-corrected chi connectivity index (χ3v) is 17.3. The van der Waals surface area contributed by atoms with Crippen molar-refractivity contribution in [3.05, 3.63) is 407 Å². The zero-order valence-electron chi connectivity index (χ0n) is 66.7. The van der Waals surface area contributed by atoms with Crippen LogP contribution in [0.15, 0.2) is 196 Å². The van der Waals surface area contributed by atoms with Gasteiger partial charge in [0, 0.05) is 16.7 Å². The van der Waals surface area contributed by atoms with Crippen molar-refractivity contribution in [1.82, 2.24) is 0 Å². The Morgan fingerprint density at radius 2 is 0.597 bits per heavy atom. The molecule has 12 rings (SSSR count). The largest absolute Gasteiger partial charge is 0.207 e. The van der Waals surface area contributed by atoms with E-state index in [2.05, 4.69) is 144 Å². The molecule has 0 aliphatic rings. The van der Waals surface area contributed by atoms with Gasteiger partial charge in [-0.15, -0.1) is 5.92 Å². The maximum atomic E-state index is 13.7. The van der Waals surface area contributed by atoms with E-state index in [1.165, 1.54) is 75.7 Å². The molecular weight excluding hydrogens is 1590 g/mol. The van der Waals surface area contributed by atoms with Gasteiger partial charge in [0.25, 0.3) is 0 Å². The molecule has 0 bridgehead atoms. The molecule has 0 aliphatic heterocycles. The molecule has 23 heteroatoms. The van der Waals surface area contributed by atoms with Gasteiger partial charge >= 0.3 is 0 Å². The van der Waals surface area contributed by atoms with Crippen molar-refractivity contribution in [2.45, 2.75) is 121 Å². The topological polar surface area (TPSA) is 0 Å². The fourth-order valence-corrected chi connectivity index (χ4v) is 10.2. The SMILES string of the molecule is C=Cc1ccc(CC)cc1.C=Cc1cccc(CC)c1.C=Cc1ccccc1CC.CC#Cc1c(F)c(F)c(C)c(F)c1F.CCc1ccc(F)cc1.CCc1cccc(F)c1.CCc1ccccc1.CCc1ccccc1F.Cc1c(F)c(F)c(-c2c(F)c(F)c(F)c(F)c2F)c(F)c1F.Cc1c(F)c(F)c2c(F)c(F)c(F)c(F)c2c1F. The average Bonchev–Trinajstić information content (AvgIpc) is 0.742. The molecule has 0 saturated carbocycles. The van der Waals surface area contributed by atoms with Crippen molar-refractivity contribution in [2.75, 3.05) is 0 Å². The van der Waals surface area contributed by atoms with Crippen molar-refractivity contribution in [3.8, 4) is 23.0 Å². The van der Waals surface area contributed by atoms with E-state index in [9.17, 15) is 101 Å². The van der Waals surface area contributed by atoms with E-state index in [-0.39, 0.29) is 17.5 Å². The third kappa shape index (κ3) is 28.4. The Bertz CT molecular complexity index is 5140. The van der Waals surface area contributed by atoms with Gasteiger partial charge < -0.3 is 0 Å². The van der Waals surface area contributed by atoms with E-state index in [4.69, 9.17) is 0 Å². The fraction of sp³-hybridized carbons (Fsp3) is 0.188. The van der Waals surface area contributed by atoms with Gasteiger partial charge in [0.1, 0.15) is 28.8 Å². The Hall–Kier alpha value is -11.9. The number of fused-ring (bicyclic) bond motifs is 1. The molecule has 0 fully saturated rings. The predicted octanol–water partition coefficient (Wildman–Crippen LogP) is 30.0. The van der Waals surface area contributed by atoms with Crippen LogP contribution in [0, 0.1) is 166 Å². The minimum absolute atomic E-state index is 0.0972. The van der Waals surface area contributed by atoms with E-state index in [0.717, 1.165) is 69.9 Å². The number of benzene rings is 12. The van der Waals surface area contributed by atoms with E-state index >= 15 is 0 Å². The number of halogens is 23. The molecule has 0 amide bonds. The highest BCUT2D eigenvalue weighted by molar-refractivity contribution is 5.86. The Labute approximate surface area is 678 Å². The minimum Gasteiger partial charge on any atom is -0.207 e. The Kier molecular flexibility index (Phi) is 43.1. The van der Waals surface area contributed by atoms with Gasteiger partial charge in [-0.25, -0.2) is 101 Å². The first-order chi connectivity index (χ1) is 56.4. The number of aryl methyl sites for hydroxylation is 7. The zero-order valence-corrected chi connectivity index (χ0v) is 66.7. The van der Waals surface area contributed by atoms with Gasteiger partial charge in [-0.1, -0.05) is 238 Å². The summed E-state index contributed by atoms with van der Waals surface area (Å²) >= 11 is 0. The van der Waals surface area contributed by atoms with E-state index < -0.39 is 160 Å². The molecule has 0 N–H and O–H groups in total. The molecule has 0 spiro atoms. The zero-order chi connectivity index (χ0) is 89.7. The summed E-state index contributed by atoms with van der Waals surface area (Å²) in [5.41, 5.74) is 4.44. The smallest absolute Gasteiger partial charge is 0.200 e. The highest BCUT2D eigenvalue weighted by atomic mass is 19.2. The summed E-state index contributed by atoms with van der Waals surface area (Å²) in [6.45, 7) is 29.4. The summed E-state index contributed by atoms with van der Waals surface area (Å²) in [5.74, 6) is -37.7. The molecule has 0 aliphatic carbocycles. The van der Waals surface area contributed by atoms with Gasteiger partial charge in [-0.05, 0) is 159 Å². The average molecular weight is 1680 g/mol. The second-order valence-corrected chi connectivity index (χ2v) is 25.0. The van der Waals surface area contributed by atoms with E-state index in [1.54, 1.807) is 36.4 Å². The van der Waals surface area contributed by atoms with Crippen LogP contribution in [0.25, 0.3) is 40.1 Å². The summed E-state index contributed by atoms with van der Waals surface area (Å²) in [5, 5.41) is -3.05. The molecule has 12 aromatic carbocycles. The van der Waals surface area contributed by atoms with Crippen molar-refractivity contribution in [1.29, 1.82) is 0 Å². The second kappa shape index (κ2) is 50.6. The molecular formula is C96H85F23. The van der Waals surface area contributed by atoms with Crippen LogP contribution < -0.4 is 0 Å². The summed E-state index contributed by atoms with van der Waals surface area (Å²) < 4.78 is 301. The van der Waals surface area contributed by atoms with Gasteiger partial charge in [0.15, 0.2) is 105 Å². The van der Waals surface area contributed by atoms with Crippen LogP contribution in [0.5, 0.6) is 0 Å². The molecule has 0 heterocycles. The van der Waals surface area contributed by atoms with Crippen molar-refractivity contribution in [3.63, 3.8) is 0 Å². The van der Waals surface area contributed by atoms with E-state index in [0.29, 0.717) is 6.92 Å². The lowest BCUT2D eigenvalue weighted by Crippen LogP contribution is -2.09. The Morgan fingerprint density at radius 1 is 0.261 bits per heavy atom. The number of hydrogen-bond acceptors (Lipinski definition) is 0. The maximum absolute atomic E-state index is 13.7. The summed E-state index contributed by atoms with van der Waals surface area (Å²) in [4.78, 5) is 0. The first-order valence-electron chi connectivity index (χ1n) is 36.7. The normalized spacial score (nSPS) is 10.0. The lowest BCUT2D eigenvalue weighted by Gasteiger charge is -2.12. The molecule has 119 heavy (non-hydrogen) atoms. The highest BCUT2D eigenvalue weighted by Gasteiger charge is 2.34. The lowest BCUT2D eigenvalue weighted by molar-refractivity contribution is 0.379. The van der Waals surface area contributed by atoms with Crippen LogP contribution in [0.2, 0.25) is 0 Å². The molecule has 0 nitrogen and oxygen atoms in total. The molecule has 0 unspecified atom stereocenters. The van der Waals surface area contributed by atoms with Gasteiger partial charge in [-0.2, -0.15) is 0 Å². The second-order valence-electron chi connectivity index (χ2n) is 25.0. The third-order valence-electron chi connectivity index (χ3n) is 17.3. The van der Waals surface area contributed by atoms with Gasteiger partial charge in [0.05, 0.1) is 21.9 Å². The van der Waals surface area contributed by atoms with E-state index in [1.807, 2.05) is 69.2 Å². The highest BCUT2D eigenvalue weighted by Crippen LogP contribution is 2.38. The van der Waals surface area contributed by atoms with Crippen molar-refractivity contribution in [2.24, 2.45) is 0 Å². The number of rotatable bonds is 11. The quantitative estimate of drug-likeness (QED) is 0.0524. The monoisotopic (exact) mass is 1670 g/mol. The molecule has 0 radical (unpaired) electrons. The van der Waals surface area contributed by atoms with Crippen LogP contribution in [-0.2, 0) is 44.9 Å². The predicted molar refractivity (Wildman–Crippen MR) is 429 cm³/mol. The van der Waals surface area contributed by atoms with Crippen LogP contribution in [-0.4, -0.2) is 0 Å². The van der Waals surface area contributed by atoms with Crippen molar-refractivity contribution >= 4 is 29.0 Å². The maximum Gasteiger partial charge on any atom is 0.200 e. The van der Waals surface area contributed by atoms with Crippen molar-refractivity contribution < 1.29 is 101 Å². The Balaban J connectivity index is 0.000000348. The molecule has 630 valence electrons. The number of hydrogen-bond donors (Lipinski definition) is 0. The van der Waals surface area contributed by atoms with Crippen LogP contribution in [0.4, 0.5) is 101 Å². The summed E-state index contributed by atoms with van der Waals surface area (Å²) in [7, 11) is 0. The fourth-order valence-electron chi connectivity index (χ4n) is 10.2. The van der Waals surface area contributed by atoms with Crippen LogP contribution in [0.1, 0.15) is 133 Å². The summed E-state index contributed by atoms with van der Waals surface area (Å²) in [6, 6.07) is 55.7. The molecule has 12 aromatic rings. The minimum atomic E-state index is -2.59. The first kappa shape index (κ1) is 101. The Morgan fingerprint density at radius 3 is 0.983 bits per heavy atom. The molecule has 0 aromatic heterocycles.